The number of morpholine rings is 1. The van der Waals surface area contributed by atoms with Crippen LogP contribution in [0.4, 0.5) is 4.39 Å². The van der Waals surface area contributed by atoms with Crippen molar-refractivity contribution in [1.82, 2.24) is 4.90 Å². The minimum absolute atomic E-state index is 0.155. The second-order valence-electron chi connectivity index (χ2n) is 3.89. The van der Waals surface area contributed by atoms with Crippen molar-refractivity contribution in [1.29, 1.82) is 0 Å². The third-order valence-corrected chi connectivity index (χ3v) is 2.65. The second kappa shape index (κ2) is 4.61. The predicted molar refractivity (Wildman–Crippen MR) is 57.9 cm³/mol. The van der Waals surface area contributed by atoms with E-state index < -0.39 is 5.82 Å². The lowest BCUT2D eigenvalue weighted by atomic mass is 10.1. The molecule has 0 aliphatic carbocycles. The van der Waals surface area contributed by atoms with Gasteiger partial charge in [0.2, 0.25) is 0 Å². The third-order valence-electron chi connectivity index (χ3n) is 2.65. The van der Waals surface area contributed by atoms with Gasteiger partial charge in [-0.1, -0.05) is 11.6 Å². The summed E-state index contributed by atoms with van der Waals surface area (Å²) < 4.78 is 18.6. The van der Waals surface area contributed by atoms with Crippen molar-refractivity contribution in [3.05, 3.63) is 35.1 Å². The van der Waals surface area contributed by atoms with Crippen LogP contribution in [0.2, 0.25) is 0 Å². The normalized spacial score (nSPS) is 16.2. The number of rotatable bonds is 1. The van der Waals surface area contributed by atoms with Crippen molar-refractivity contribution in [2.75, 3.05) is 26.3 Å². The summed E-state index contributed by atoms with van der Waals surface area (Å²) in [6.07, 6.45) is 0. The van der Waals surface area contributed by atoms with Gasteiger partial charge in [0.15, 0.2) is 0 Å². The number of carbonyl (C=O) groups excluding carboxylic acids is 1. The van der Waals surface area contributed by atoms with Crippen LogP contribution in [0.5, 0.6) is 0 Å². The number of carbonyl (C=O) groups is 1. The van der Waals surface area contributed by atoms with Crippen LogP contribution in [-0.4, -0.2) is 37.1 Å². The van der Waals surface area contributed by atoms with E-state index in [0.717, 1.165) is 5.56 Å². The average molecular weight is 223 g/mol. The van der Waals surface area contributed by atoms with Crippen LogP contribution >= 0.6 is 0 Å². The van der Waals surface area contributed by atoms with E-state index in [9.17, 15) is 9.18 Å². The second-order valence-corrected chi connectivity index (χ2v) is 3.89. The van der Waals surface area contributed by atoms with Crippen LogP contribution in [0.15, 0.2) is 18.2 Å². The summed E-state index contributed by atoms with van der Waals surface area (Å²) in [7, 11) is 0. The first-order valence-corrected chi connectivity index (χ1v) is 5.31. The lowest BCUT2D eigenvalue weighted by Crippen LogP contribution is -2.41. The first-order chi connectivity index (χ1) is 7.68. The van der Waals surface area contributed by atoms with E-state index >= 15 is 0 Å². The van der Waals surface area contributed by atoms with Gasteiger partial charge in [-0.25, -0.2) is 4.39 Å². The minimum Gasteiger partial charge on any atom is -0.378 e. The van der Waals surface area contributed by atoms with Crippen LogP contribution in [0.1, 0.15) is 15.9 Å². The lowest BCUT2D eigenvalue weighted by Gasteiger charge is -2.27. The zero-order chi connectivity index (χ0) is 11.5. The molecule has 1 amide bonds. The van der Waals surface area contributed by atoms with Crippen LogP contribution in [0.3, 0.4) is 0 Å². The van der Waals surface area contributed by atoms with Gasteiger partial charge in [-0.3, -0.25) is 4.79 Å². The van der Waals surface area contributed by atoms with Gasteiger partial charge in [0.1, 0.15) is 5.82 Å². The topological polar surface area (TPSA) is 29.5 Å². The molecule has 0 bridgehead atoms. The number of ether oxygens (including phenoxy) is 1. The molecule has 0 aromatic heterocycles. The zero-order valence-corrected chi connectivity index (χ0v) is 9.20. The average Bonchev–Trinajstić information content (AvgIpc) is 2.32. The SMILES string of the molecule is Cc1ccc(F)c(C(=O)N2CCOCC2)c1. The maximum Gasteiger partial charge on any atom is 0.256 e. The Hall–Kier alpha value is -1.42. The van der Waals surface area contributed by atoms with E-state index in [1.165, 1.54) is 6.07 Å². The summed E-state index contributed by atoms with van der Waals surface area (Å²) in [5.41, 5.74) is 1.04. The molecule has 0 atom stereocenters. The van der Waals surface area contributed by atoms with Gasteiger partial charge in [0, 0.05) is 13.1 Å². The molecule has 1 fully saturated rings. The first-order valence-electron chi connectivity index (χ1n) is 5.31. The number of halogens is 1. The highest BCUT2D eigenvalue weighted by molar-refractivity contribution is 5.94. The Balaban J connectivity index is 2.22. The number of benzene rings is 1. The van der Waals surface area contributed by atoms with Crippen molar-refractivity contribution in [2.24, 2.45) is 0 Å². The standard InChI is InChI=1S/C12H14FNO2/c1-9-2-3-11(13)10(8-9)12(15)14-4-6-16-7-5-14/h2-3,8H,4-7H2,1H3. The van der Waals surface area contributed by atoms with Gasteiger partial charge in [-0.15, -0.1) is 0 Å². The fourth-order valence-electron chi connectivity index (χ4n) is 1.74. The fourth-order valence-corrected chi connectivity index (χ4v) is 1.74. The number of aryl methyl sites for hydroxylation is 1. The summed E-state index contributed by atoms with van der Waals surface area (Å²) in [5.74, 6) is -0.702. The molecule has 1 saturated heterocycles. The molecule has 0 spiro atoms. The predicted octanol–water partition coefficient (Wildman–Crippen LogP) is 1.61. The Morgan fingerprint density at radius 2 is 2.06 bits per heavy atom. The smallest absolute Gasteiger partial charge is 0.256 e. The van der Waals surface area contributed by atoms with Gasteiger partial charge in [0.25, 0.3) is 5.91 Å². The molecule has 1 aliphatic heterocycles. The molecule has 0 saturated carbocycles. The van der Waals surface area contributed by atoms with Gasteiger partial charge in [-0.05, 0) is 19.1 Å². The van der Waals surface area contributed by atoms with E-state index in [1.807, 2.05) is 6.92 Å². The van der Waals surface area contributed by atoms with E-state index in [0.29, 0.717) is 26.3 Å². The molecule has 0 radical (unpaired) electrons. The maximum absolute atomic E-state index is 13.5. The molecule has 3 nitrogen and oxygen atoms in total. The Kier molecular flexibility index (Phi) is 3.19. The quantitative estimate of drug-likeness (QED) is 0.723. The van der Waals surface area contributed by atoms with Crippen LogP contribution in [0.25, 0.3) is 0 Å². The first kappa shape index (κ1) is 11.1. The van der Waals surface area contributed by atoms with Gasteiger partial charge in [-0.2, -0.15) is 0 Å². The van der Waals surface area contributed by atoms with E-state index in [-0.39, 0.29) is 11.5 Å². The molecule has 1 aromatic carbocycles. The van der Waals surface area contributed by atoms with Gasteiger partial charge >= 0.3 is 0 Å². The zero-order valence-electron chi connectivity index (χ0n) is 9.20. The Morgan fingerprint density at radius 3 is 2.75 bits per heavy atom. The fraction of sp³-hybridized carbons (Fsp3) is 0.417. The highest BCUT2D eigenvalue weighted by Gasteiger charge is 2.21. The molecule has 0 unspecified atom stereocenters. The highest BCUT2D eigenvalue weighted by Crippen LogP contribution is 2.13. The van der Waals surface area contributed by atoms with Gasteiger partial charge < -0.3 is 9.64 Å². The summed E-state index contributed by atoms with van der Waals surface area (Å²) in [4.78, 5) is 13.6. The summed E-state index contributed by atoms with van der Waals surface area (Å²) >= 11 is 0. The maximum atomic E-state index is 13.5. The van der Waals surface area contributed by atoms with E-state index in [4.69, 9.17) is 4.74 Å². The van der Waals surface area contributed by atoms with Crippen LogP contribution < -0.4 is 0 Å². The summed E-state index contributed by atoms with van der Waals surface area (Å²) in [6.45, 7) is 3.96. The number of hydrogen-bond donors (Lipinski definition) is 0. The van der Waals surface area contributed by atoms with Crippen molar-refractivity contribution in [2.45, 2.75) is 6.92 Å². The third kappa shape index (κ3) is 2.22. The highest BCUT2D eigenvalue weighted by atomic mass is 19.1. The van der Waals surface area contributed by atoms with Crippen LogP contribution in [0, 0.1) is 12.7 Å². The van der Waals surface area contributed by atoms with Crippen molar-refractivity contribution in [3.8, 4) is 0 Å². The molecule has 16 heavy (non-hydrogen) atoms. The van der Waals surface area contributed by atoms with Crippen molar-refractivity contribution < 1.29 is 13.9 Å². The molecular weight excluding hydrogens is 209 g/mol. The summed E-state index contributed by atoms with van der Waals surface area (Å²) in [6, 6.07) is 4.58. The van der Waals surface area contributed by atoms with Crippen LogP contribution in [-0.2, 0) is 4.74 Å². The molecule has 2 rings (SSSR count). The van der Waals surface area contributed by atoms with Crippen molar-refractivity contribution in [3.63, 3.8) is 0 Å². The Labute approximate surface area is 93.8 Å². The molecule has 86 valence electrons. The van der Waals surface area contributed by atoms with Gasteiger partial charge in [0.05, 0.1) is 18.8 Å². The minimum atomic E-state index is -0.456. The Morgan fingerprint density at radius 1 is 1.38 bits per heavy atom. The lowest BCUT2D eigenvalue weighted by molar-refractivity contribution is 0.0300. The molecule has 4 heteroatoms. The van der Waals surface area contributed by atoms with E-state index in [1.54, 1.807) is 17.0 Å². The largest absolute Gasteiger partial charge is 0.378 e. The molecule has 0 N–H and O–H groups in total. The van der Waals surface area contributed by atoms with E-state index in [2.05, 4.69) is 0 Å². The molecule has 1 aromatic rings. The van der Waals surface area contributed by atoms with Crippen molar-refractivity contribution >= 4 is 5.91 Å². The molecule has 1 aliphatic rings. The molecular formula is C12H14FNO2. The molecule has 1 heterocycles. The summed E-state index contributed by atoms with van der Waals surface area (Å²) in [5, 5.41) is 0. The number of hydrogen-bond acceptors (Lipinski definition) is 2. The number of amides is 1. The Bertz CT molecular complexity index is 400. The number of nitrogens with zero attached hydrogens (tertiary/aromatic N) is 1. The monoisotopic (exact) mass is 223 g/mol.